The molecule has 0 aromatic heterocycles. The summed E-state index contributed by atoms with van der Waals surface area (Å²) < 4.78 is 0. The van der Waals surface area contributed by atoms with Crippen LogP contribution >= 0.6 is 0 Å². The van der Waals surface area contributed by atoms with E-state index in [1.54, 1.807) is 25.2 Å². The second-order valence-corrected chi connectivity index (χ2v) is 15.2. The quantitative estimate of drug-likeness (QED) is 0.253. The summed E-state index contributed by atoms with van der Waals surface area (Å²) in [6, 6.07) is 8.15. The minimum absolute atomic E-state index is 0.0113. The number of piperidine rings is 1. The molecule has 2 fully saturated rings. The van der Waals surface area contributed by atoms with E-state index in [4.69, 9.17) is 10.7 Å². The lowest BCUT2D eigenvalue weighted by Gasteiger charge is -2.40. The predicted molar refractivity (Wildman–Crippen MR) is 204 cm³/mol. The predicted octanol–water partition coefficient (Wildman–Crippen LogP) is 5.75. The van der Waals surface area contributed by atoms with Crippen molar-refractivity contribution in [3.05, 3.63) is 82.6 Å². The molecule has 4 aliphatic rings. The average molecular weight is 682 g/mol. The summed E-state index contributed by atoms with van der Waals surface area (Å²) in [5.74, 6) is 1.44. The molecule has 6 atom stereocenters. The Hall–Kier alpha value is -4.16. The van der Waals surface area contributed by atoms with Crippen molar-refractivity contribution in [1.82, 2.24) is 20.0 Å². The first-order valence-corrected chi connectivity index (χ1v) is 18.1. The molecule has 2 amide bonds. The van der Waals surface area contributed by atoms with Crippen molar-refractivity contribution in [2.75, 3.05) is 34.7 Å². The molecule has 5 rings (SSSR count). The van der Waals surface area contributed by atoms with E-state index < -0.39 is 5.41 Å². The number of rotatable bonds is 9. The van der Waals surface area contributed by atoms with Gasteiger partial charge in [-0.15, -0.1) is 0 Å². The number of aliphatic imine (C=N–C) groups is 1. The Kier molecular flexibility index (Phi) is 12.6. The number of fused-ring (bicyclic) bond motifs is 2. The van der Waals surface area contributed by atoms with Gasteiger partial charge in [0.05, 0.1) is 18.0 Å². The SMILES string of the molecule is C=CN(C)C.CC1=C/CCC2=C(/C=C\1)C(CC(C)NCC(=O)N1C(C#N)CC3C(C)C31)(C(N)=NC(C)C)c1ccc(C(=O)N(C)C)cc1CC2. The van der Waals surface area contributed by atoms with Gasteiger partial charge in [0.25, 0.3) is 5.91 Å². The van der Waals surface area contributed by atoms with Crippen LogP contribution in [0.4, 0.5) is 0 Å². The van der Waals surface area contributed by atoms with Crippen molar-refractivity contribution in [2.24, 2.45) is 22.6 Å². The van der Waals surface area contributed by atoms with Crippen LogP contribution in [0.25, 0.3) is 0 Å². The highest BCUT2D eigenvalue weighted by molar-refractivity contribution is 5.98. The fourth-order valence-corrected chi connectivity index (χ4v) is 8.00. The van der Waals surface area contributed by atoms with Crippen molar-refractivity contribution < 1.29 is 9.59 Å². The molecule has 1 aromatic carbocycles. The van der Waals surface area contributed by atoms with Gasteiger partial charge in [-0.2, -0.15) is 5.26 Å². The number of hydrogen-bond acceptors (Lipinski definition) is 6. The molecule has 1 saturated carbocycles. The fraction of sp³-hybridized carbons (Fsp3) is 0.561. The zero-order valence-electron chi connectivity index (χ0n) is 31.8. The lowest BCUT2D eigenvalue weighted by molar-refractivity contribution is -0.131. The summed E-state index contributed by atoms with van der Waals surface area (Å²) in [5.41, 5.74) is 13.0. The van der Waals surface area contributed by atoms with Crippen molar-refractivity contribution in [3.63, 3.8) is 0 Å². The number of benzene rings is 1. The van der Waals surface area contributed by atoms with E-state index in [0.717, 1.165) is 43.2 Å². The molecule has 3 aliphatic carbocycles. The number of allylic oxidation sites excluding steroid dienone is 5. The van der Waals surface area contributed by atoms with E-state index in [0.29, 0.717) is 29.7 Å². The van der Waals surface area contributed by atoms with E-state index in [9.17, 15) is 14.9 Å². The van der Waals surface area contributed by atoms with Crippen molar-refractivity contribution in [2.45, 2.75) is 103 Å². The molecule has 0 bridgehead atoms. The van der Waals surface area contributed by atoms with Crippen molar-refractivity contribution in [1.29, 1.82) is 5.26 Å². The van der Waals surface area contributed by atoms with Crippen LogP contribution in [-0.2, 0) is 16.6 Å². The first-order valence-electron chi connectivity index (χ1n) is 18.1. The van der Waals surface area contributed by atoms with E-state index >= 15 is 0 Å². The number of nitriles is 1. The number of hydrogen-bond donors (Lipinski definition) is 2. The Balaban J connectivity index is 0.00000105. The third kappa shape index (κ3) is 8.24. The molecule has 270 valence electrons. The van der Waals surface area contributed by atoms with Crippen molar-refractivity contribution >= 4 is 17.6 Å². The zero-order valence-corrected chi connectivity index (χ0v) is 31.8. The van der Waals surface area contributed by atoms with Gasteiger partial charge in [-0.3, -0.25) is 14.6 Å². The van der Waals surface area contributed by atoms with Gasteiger partial charge in [-0.1, -0.05) is 48.9 Å². The van der Waals surface area contributed by atoms with Crippen LogP contribution in [0.3, 0.4) is 0 Å². The number of nitrogens with zero attached hydrogens (tertiary/aromatic N) is 5. The number of likely N-dealkylation sites (tertiary alicyclic amines) is 1. The molecular formula is C41H59N7O2. The van der Waals surface area contributed by atoms with Crippen LogP contribution in [0.2, 0.25) is 0 Å². The molecule has 6 unspecified atom stereocenters. The first kappa shape index (κ1) is 38.6. The number of carbonyl (C=O) groups excluding carboxylic acids is 2. The number of aryl methyl sites for hydroxylation is 1. The summed E-state index contributed by atoms with van der Waals surface area (Å²) in [4.78, 5) is 36.9. The third-order valence-corrected chi connectivity index (χ3v) is 10.7. The summed E-state index contributed by atoms with van der Waals surface area (Å²) in [7, 11) is 7.43. The highest BCUT2D eigenvalue weighted by Gasteiger charge is 2.60. The van der Waals surface area contributed by atoms with Gasteiger partial charge in [0.15, 0.2) is 0 Å². The molecule has 1 heterocycles. The number of carbonyl (C=O) groups is 2. The molecule has 9 heteroatoms. The molecule has 9 nitrogen and oxygen atoms in total. The van der Waals surface area contributed by atoms with Crippen LogP contribution in [0, 0.1) is 23.2 Å². The maximum atomic E-state index is 13.5. The van der Waals surface area contributed by atoms with Crippen LogP contribution in [0.15, 0.2) is 70.9 Å². The molecule has 3 N–H and O–H groups in total. The Bertz CT molecular complexity index is 1610. The molecular weight excluding hydrogens is 622 g/mol. The molecule has 50 heavy (non-hydrogen) atoms. The number of amidine groups is 1. The van der Waals surface area contributed by atoms with Crippen LogP contribution in [0.5, 0.6) is 0 Å². The minimum atomic E-state index is -0.756. The zero-order chi connectivity index (χ0) is 36.9. The van der Waals surface area contributed by atoms with E-state index in [1.807, 2.05) is 49.9 Å². The van der Waals surface area contributed by atoms with Crippen molar-refractivity contribution in [3.8, 4) is 6.07 Å². The Labute approximate surface area is 300 Å². The normalized spacial score (nSPS) is 27.7. The maximum Gasteiger partial charge on any atom is 0.253 e. The second-order valence-electron chi connectivity index (χ2n) is 15.2. The minimum Gasteiger partial charge on any atom is -0.386 e. The molecule has 1 aliphatic heterocycles. The molecule has 0 spiro atoms. The lowest BCUT2D eigenvalue weighted by atomic mass is 9.66. The summed E-state index contributed by atoms with van der Waals surface area (Å²) >= 11 is 0. The smallest absolute Gasteiger partial charge is 0.253 e. The van der Waals surface area contributed by atoms with Gasteiger partial charge in [0.1, 0.15) is 11.9 Å². The van der Waals surface area contributed by atoms with E-state index in [2.05, 4.69) is 63.0 Å². The number of nitrogens with one attached hydrogen (secondary N) is 1. The second kappa shape index (κ2) is 16.2. The Morgan fingerprint density at radius 1 is 1.18 bits per heavy atom. The maximum absolute atomic E-state index is 13.5. The monoisotopic (exact) mass is 681 g/mol. The summed E-state index contributed by atoms with van der Waals surface area (Å²) in [5, 5.41) is 13.3. The highest BCUT2D eigenvalue weighted by Crippen LogP contribution is 2.53. The lowest BCUT2D eigenvalue weighted by Crippen LogP contribution is -2.50. The number of amides is 2. The van der Waals surface area contributed by atoms with Crippen LogP contribution in [-0.4, -0.2) is 91.3 Å². The van der Waals surface area contributed by atoms with Gasteiger partial charge in [0.2, 0.25) is 5.91 Å². The van der Waals surface area contributed by atoms with Gasteiger partial charge in [0, 0.05) is 51.9 Å². The topological polar surface area (TPSA) is 118 Å². The van der Waals surface area contributed by atoms with E-state index in [1.165, 1.54) is 16.7 Å². The van der Waals surface area contributed by atoms with Gasteiger partial charge in [-0.05, 0) is 113 Å². The average Bonchev–Trinajstić information content (AvgIpc) is 3.53. The summed E-state index contributed by atoms with van der Waals surface area (Å²) in [6.45, 7) is 14.2. The van der Waals surface area contributed by atoms with Crippen LogP contribution in [0.1, 0.15) is 88.2 Å². The molecule has 1 aromatic rings. The Morgan fingerprint density at radius 3 is 2.50 bits per heavy atom. The standard InChI is InChI=1S/C37H50N6O2.C4H9N/c1-22(2)41-36(39)37(19-24(4)40-21-33(44)43-29(20-38)18-30-25(5)34(30)43)31-15-11-23(3)9-8-10-26(31)12-13-27-17-28(14-16-32(27)37)35(45)42(6)7;1-4-5(2)3/h9,11,14-17,22,24-25,29-30,34,40H,8,10,12-13,18-19,21H2,1-7H3,(H2,39,41);4H,1H2,2-3H3/b15-11-,23-9-;. The fourth-order valence-electron chi connectivity index (χ4n) is 8.00. The largest absolute Gasteiger partial charge is 0.386 e. The van der Waals surface area contributed by atoms with Gasteiger partial charge < -0.3 is 25.8 Å². The van der Waals surface area contributed by atoms with Gasteiger partial charge >= 0.3 is 0 Å². The van der Waals surface area contributed by atoms with Crippen LogP contribution < -0.4 is 11.1 Å². The number of nitrogens with two attached hydrogens (primary N) is 1. The van der Waals surface area contributed by atoms with Gasteiger partial charge in [-0.25, -0.2) is 0 Å². The molecule has 1 saturated heterocycles. The molecule has 0 radical (unpaired) electrons. The van der Waals surface area contributed by atoms with E-state index in [-0.39, 0.29) is 42.5 Å². The third-order valence-electron chi connectivity index (χ3n) is 10.7. The first-order chi connectivity index (χ1) is 23.7. The Morgan fingerprint density at radius 2 is 1.88 bits per heavy atom. The highest BCUT2D eigenvalue weighted by atomic mass is 16.2. The summed E-state index contributed by atoms with van der Waals surface area (Å²) in [6.07, 6.45) is 13.4.